The maximum Gasteiger partial charge on any atom is 0.0655 e. The van der Waals surface area contributed by atoms with Crippen molar-refractivity contribution in [3.63, 3.8) is 0 Å². The largest absolute Gasteiger partial charge is 0.256 e. The minimum Gasteiger partial charge on any atom is -0.256 e. The summed E-state index contributed by atoms with van der Waals surface area (Å²) in [6.07, 6.45) is 12.8. The van der Waals surface area contributed by atoms with E-state index in [-0.39, 0.29) is 0 Å². The molecule has 2 aromatic rings. The van der Waals surface area contributed by atoms with Crippen LogP contribution < -0.4 is 0 Å². The van der Waals surface area contributed by atoms with Gasteiger partial charge in [0.05, 0.1) is 5.69 Å². The van der Waals surface area contributed by atoms with E-state index in [1.54, 1.807) is 0 Å². The fourth-order valence-corrected chi connectivity index (χ4v) is 2.50. The fourth-order valence-electron chi connectivity index (χ4n) is 2.50. The first-order valence-electron chi connectivity index (χ1n) is 11.6. The first-order valence-corrected chi connectivity index (χ1v) is 11.6. The maximum atomic E-state index is 4.51. The molecule has 0 saturated heterocycles. The molecule has 1 heteroatoms. The van der Waals surface area contributed by atoms with Gasteiger partial charge in [0.1, 0.15) is 0 Å². The van der Waals surface area contributed by atoms with Crippen LogP contribution in [0.15, 0.2) is 36.5 Å². The second-order valence-electron chi connectivity index (χ2n) is 7.14. The number of aryl methyl sites for hydroxylation is 3. The van der Waals surface area contributed by atoms with Gasteiger partial charge >= 0.3 is 0 Å². The van der Waals surface area contributed by atoms with E-state index in [0.29, 0.717) is 0 Å². The zero-order valence-electron chi connectivity index (χ0n) is 21.0. The van der Waals surface area contributed by atoms with E-state index < -0.39 is 0 Å². The summed E-state index contributed by atoms with van der Waals surface area (Å²) >= 11 is 0. The Balaban J connectivity index is 0. The standard InChI is InChI=1S/C17H19N.C6H14.C3H8.C2H6/c1-5-6-17-14(4)10-16(11-18-17)15-8-7-12(2)13(3)9-15;1-3-5-6-4-2;1-3-2;1-2/h5-11H,1-4H3;3-6H2,1-2H3;3H2,1-2H3;1-2H3/b6-5-;;;. The van der Waals surface area contributed by atoms with Crippen LogP contribution in [0.25, 0.3) is 17.2 Å². The first-order chi connectivity index (χ1) is 13.9. The van der Waals surface area contributed by atoms with Gasteiger partial charge in [0.2, 0.25) is 0 Å². The number of pyridine rings is 1. The van der Waals surface area contributed by atoms with Gasteiger partial charge in [-0.1, -0.05) is 97.9 Å². The lowest BCUT2D eigenvalue weighted by Gasteiger charge is -2.07. The van der Waals surface area contributed by atoms with Crippen LogP contribution in [0, 0.1) is 20.8 Å². The molecule has 2 rings (SSSR count). The Kier molecular flexibility index (Phi) is 19.6. The van der Waals surface area contributed by atoms with E-state index in [1.807, 2.05) is 39.1 Å². The van der Waals surface area contributed by atoms with Crippen molar-refractivity contribution in [2.75, 3.05) is 0 Å². The molecule has 0 aliphatic heterocycles. The van der Waals surface area contributed by atoms with Crippen molar-refractivity contribution in [3.05, 3.63) is 58.9 Å². The summed E-state index contributed by atoms with van der Waals surface area (Å²) < 4.78 is 0. The zero-order chi connectivity index (χ0) is 22.7. The SMILES string of the molecule is C/C=C\c1ncc(-c2ccc(C)c(C)c2)cc1C.CC.CCC.CCCCCC. The summed E-state index contributed by atoms with van der Waals surface area (Å²) in [5.41, 5.74) is 7.33. The highest BCUT2D eigenvalue weighted by molar-refractivity contribution is 5.66. The highest BCUT2D eigenvalue weighted by Crippen LogP contribution is 2.23. The molecule has 0 amide bonds. The Morgan fingerprint density at radius 3 is 1.69 bits per heavy atom. The number of rotatable bonds is 5. The lowest BCUT2D eigenvalue weighted by Crippen LogP contribution is -1.90. The molecule has 0 spiro atoms. The highest BCUT2D eigenvalue weighted by atomic mass is 14.7. The molecule has 0 fully saturated rings. The summed E-state index contributed by atoms with van der Waals surface area (Å²) in [4.78, 5) is 4.51. The van der Waals surface area contributed by atoms with Crippen molar-refractivity contribution in [1.82, 2.24) is 4.98 Å². The summed E-state index contributed by atoms with van der Waals surface area (Å²) in [5, 5.41) is 0. The monoisotopic (exact) mass is 397 g/mol. The van der Waals surface area contributed by atoms with Gasteiger partial charge in [0, 0.05) is 11.8 Å². The molecule has 0 atom stereocenters. The average molecular weight is 398 g/mol. The molecule has 1 aromatic carbocycles. The predicted molar refractivity (Wildman–Crippen MR) is 136 cm³/mol. The molecule has 0 radical (unpaired) electrons. The van der Waals surface area contributed by atoms with Crippen LogP contribution in [-0.4, -0.2) is 4.98 Å². The van der Waals surface area contributed by atoms with Gasteiger partial charge in [-0.05, 0) is 62.1 Å². The lowest BCUT2D eigenvalue weighted by atomic mass is 10.0. The predicted octanol–water partition coefficient (Wildman–Crippen LogP) is 9.74. The van der Waals surface area contributed by atoms with Crippen LogP contribution in [0.4, 0.5) is 0 Å². The first kappa shape index (κ1) is 29.3. The number of aromatic nitrogens is 1. The minimum atomic E-state index is 1.05. The van der Waals surface area contributed by atoms with Crippen molar-refractivity contribution in [3.8, 4) is 11.1 Å². The van der Waals surface area contributed by atoms with Gasteiger partial charge in [-0.25, -0.2) is 0 Å². The Bertz CT molecular complexity index is 664. The molecule has 0 saturated carbocycles. The lowest BCUT2D eigenvalue weighted by molar-refractivity contribution is 0.702. The van der Waals surface area contributed by atoms with Crippen LogP contribution in [0.3, 0.4) is 0 Å². The third-order valence-electron chi connectivity index (χ3n) is 4.24. The van der Waals surface area contributed by atoms with E-state index in [0.717, 1.165) is 5.69 Å². The number of nitrogens with zero attached hydrogens (tertiary/aromatic N) is 1. The molecule has 1 aromatic heterocycles. The van der Waals surface area contributed by atoms with Gasteiger partial charge < -0.3 is 0 Å². The van der Waals surface area contributed by atoms with E-state index in [4.69, 9.17) is 0 Å². The molecular formula is C28H47N. The molecule has 0 aliphatic rings. The second-order valence-corrected chi connectivity index (χ2v) is 7.14. The second kappa shape index (κ2) is 19.4. The molecule has 29 heavy (non-hydrogen) atoms. The van der Waals surface area contributed by atoms with Crippen molar-refractivity contribution in [2.24, 2.45) is 0 Å². The van der Waals surface area contributed by atoms with Crippen molar-refractivity contribution in [1.29, 1.82) is 0 Å². The third-order valence-corrected chi connectivity index (χ3v) is 4.24. The van der Waals surface area contributed by atoms with Gasteiger partial charge in [-0.2, -0.15) is 0 Å². The minimum absolute atomic E-state index is 1.05. The summed E-state index contributed by atoms with van der Waals surface area (Å²) in [7, 11) is 0. The summed E-state index contributed by atoms with van der Waals surface area (Å²) in [6.45, 7) is 21.1. The van der Waals surface area contributed by atoms with Gasteiger partial charge in [-0.3, -0.25) is 4.98 Å². The Morgan fingerprint density at radius 1 is 0.759 bits per heavy atom. The number of benzene rings is 1. The molecule has 0 N–H and O–H groups in total. The van der Waals surface area contributed by atoms with Gasteiger partial charge in [-0.15, -0.1) is 0 Å². The van der Waals surface area contributed by atoms with E-state index in [9.17, 15) is 0 Å². The molecule has 0 bridgehead atoms. The summed E-state index contributed by atoms with van der Waals surface area (Å²) in [6, 6.07) is 8.75. The zero-order valence-corrected chi connectivity index (χ0v) is 21.0. The van der Waals surface area contributed by atoms with Crippen LogP contribution in [0.5, 0.6) is 0 Å². The van der Waals surface area contributed by atoms with Crippen molar-refractivity contribution < 1.29 is 0 Å². The highest BCUT2D eigenvalue weighted by Gasteiger charge is 2.03. The number of hydrogen-bond acceptors (Lipinski definition) is 1. The smallest absolute Gasteiger partial charge is 0.0655 e. The number of allylic oxidation sites excluding steroid dienone is 1. The quantitative estimate of drug-likeness (QED) is 0.457. The molecule has 1 nitrogen and oxygen atoms in total. The van der Waals surface area contributed by atoms with Crippen LogP contribution in [0.1, 0.15) is 103 Å². The van der Waals surface area contributed by atoms with E-state index in [2.05, 4.69) is 77.7 Å². The molecule has 0 aliphatic carbocycles. The van der Waals surface area contributed by atoms with Crippen LogP contribution in [-0.2, 0) is 0 Å². The fraction of sp³-hybridized carbons (Fsp3) is 0.536. The van der Waals surface area contributed by atoms with Crippen molar-refractivity contribution in [2.45, 2.75) is 101 Å². The number of hydrogen-bond donors (Lipinski definition) is 0. The number of unbranched alkanes of at least 4 members (excludes halogenated alkanes) is 3. The molecule has 0 unspecified atom stereocenters. The topological polar surface area (TPSA) is 12.9 Å². The maximum absolute atomic E-state index is 4.51. The molecule has 1 heterocycles. The van der Waals surface area contributed by atoms with Gasteiger partial charge in [0.15, 0.2) is 0 Å². The normalized spacial score (nSPS) is 9.59. The molecular weight excluding hydrogens is 350 g/mol. The summed E-state index contributed by atoms with van der Waals surface area (Å²) in [5.74, 6) is 0. The third kappa shape index (κ3) is 13.0. The van der Waals surface area contributed by atoms with Crippen molar-refractivity contribution >= 4 is 6.08 Å². The Labute approximate surface area is 182 Å². The Hall–Kier alpha value is -1.89. The average Bonchev–Trinajstić information content (AvgIpc) is 2.73. The molecule has 164 valence electrons. The van der Waals surface area contributed by atoms with Gasteiger partial charge in [0.25, 0.3) is 0 Å². The van der Waals surface area contributed by atoms with E-state index in [1.165, 1.54) is 59.9 Å². The van der Waals surface area contributed by atoms with Crippen LogP contribution >= 0.6 is 0 Å². The van der Waals surface area contributed by atoms with Crippen LogP contribution in [0.2, 0.25) is 0 Å². The Morgan fingerprint density at radius 2 is 1.28 bits per heavy atom. The van der Waals surface area contributed by atoms with E-state index >= 15 is 0 Å².